The third kappa shape index (κ3) is 2.67. The van der Waals surface area contributed by atoms with Crippen LogP contribution in [-0.4, -0.2) is 16.9 Å². The predicted octanol–water partition coefficient (Wildman–Crippen LogP) is 1.21. The second-order valence-electron chi connectivity index (χ2n) is 4.15. The highest BCUT2D eigenvalue weighted by atomic mass is 32.1. The minimum Gasteiger partial charge on any atom is -0.392 e. The summed E-state index contributed by atoms with van der Waals surface area (Å²) in [7, 11) is 0. The first-order chi connectivity index (χ1) is 6.52. The quantitative estimate of drug-likeness (QED) is 0.694. The van der Waals surface area contributed by atoms with Crippen LogP contribution in [0.3, 0.4) is 0 Å². The van der Waals surface area contributed by atoms with Crippen molar-refractivity contribution in [1.29, 1.82) is 0 Å². The van der Waals surface area contributed by atoms with Gasteiger partial charge < -0.3 is 11.1 Å². The molecule has 3 unspecified atom stereocenters. The van der Waals surface area contributed by atoms with Crippen LogP contribution in [0, 0.1) is 11.8 Å². The molecule has 0 bridgehead atoms. The van der Waals surface area contributed by atoms with E-state index in [4.69, 9.17) is 18.0 Å². The molecule has 3 atom stereocenters. The van der Waals surface area contributed by atoms with Crippen molar-refractivity contribution in [3.8, 4) is 0 Å². The van der Waals surface area contributed by atoms with Gasteiger partial charge in [-0.3, -0.25) is 4.79 Å². The van der Waals surface area contributed by atoms with Crippen LogP contribution >= 0.6 is 12.2 Å². The Morgan fingerprint density at radius 1 is 1.57 bits per heavy atom. The topological polar surface area (TPSA) is 55.1 Å². The van der Waals surface area contributed by atoms with Gasteiger partial charge in [0.05, 0.1) is 11.0 Å². The summed E-state index contributed by atoms with van der Waals surface area (Å²) in [5.74, 6) is 0.760. The Balaban J connectivity index is 2.45. The maximum Gasteiger partial charge on any atom is 0.223 e. The summed E-state index contributed by atoms with van der Waals surface area (Å²) in [5, 5.41) is 2.85. The number of nitrogens with one attached hydrogen (secondary N) is 1. The van der Waals surface area contributed by atoms with E-state index in [1.54, 1.807) is 0 Å². The van der Waals surface area contributed by atoms with Crippen molar-refractivity contribution in [3.63, 3.8) is 0 Å². The van der Waals surface area contributed by atoms with Crippen LogP contribution < -0.4 is 11.1 Å². The van der Waals surface area contributed by atoms with E-state index in [2.05, 4.69) is 12.2 Å². The van der Waals surface area contributed by atoms with Crippen LogP contribution in [0.5, 0.6) is 0 Å². The zero-order valence-corrected chi connectivity index (χ0v) is 9.56. The highest BCUT2D eigenvalue weighted by molar-refractivity contribution is 7.80. The van der Waals surface area contributed by atoms with Gasteiger partial charge in [0, 0.05) is 5.92 Å². The Morgan fingerprint density at radius 2 is 2.21 bits per heavy atom. The molecule has 3 nitrogen and oxygen atoms in total. The van der Waals surface area contributed by atoms with Crippen LogP contribution in [0.1, 0.15) is 33.1 Å². The molecule has 0 radical (unpaired) electrons. The van der Waals surface area contributed by atoms with Gasteiger partial charge in [-0.25, -0.2) is 0 Å². The van der Waals surface area contributed by atoms with Crippen molar-refractivity contribution in [2.75, 3.05) is 0 Å². The largest absolute Gasteiger partial charge is 0.392 e. The molecule has 0 aromatic heterocycles. The average molecular weight is 214 g/mol. The van der Waals surface area contributed by atoms with Crippen molar-refractivity contribution >= 4 is 23.1 Å². The van der Waals surface area contributed by atoms with E-state index in [0.29, 0.717) is 10.9 Å². The lowest BCUT2D eigenvalue weighted by molar-refractivity contribution is -0.126. The number of rotatable bonds is 3. The van der Waals surface area contributed by atoms with Crippen LogP contribution in [0.25, 0.3) is 0 Å². The van der Waals surface area contributed by atoms with E-state index < -0.39 is 0 Å². The van der Waals surface area contributed by atoms with E-state index in [9.17, 15) is 4.79 Å². The number of nitrogens with two attached hydrogens (primary N) is 1. The molecular weight excluding hydrogens is 196 g/mol. The summed E-state index contributed by atoms with van der Waals surface area (Å²) < 4.78 is 0. The number of thiocarbonyl (C=S) groups is 1. The molecule has 0 heterocycles. The molecule has 0 spiro atoms. The van der Waals surface area contributed by atoms with Gasteiger partial charge in [0.2, 0.25) is 5.91 Å². The van der Waals surface area contributed by atoms with Crippen LogP contribution in [0.15, 0.2) is 0 Å². The monoisotopic (exact) mass is 214 g/mol. The Bertz CT molecular complexity index is 242. The number of carbonyl (C=O) groups is 1. The second kappa shape index (κ2) is 4.73. The molecule has 4 heteroatoms. The SMILES string of the molecule is CC(NC(=O)C1CCCC1C)C(N)=S. The summed E-state index contributed by atoms with van der Waals surface area (Å²) in [5.41, 5.74) is 5.43. The first-order valence-corrected chi connectivity index (χ1v) is 5.53. The smallest absolute Gasteiger partial charge is 0.223 e. The number of hydrogen-bond acceptors (Lipinski definition) is 2. The Morgan fingerprint density at radius 3 is 2.64 bits per heavy atom. The van der Waals surface area contributed by atoms with Gasteiger partial charge in [-0.1, -0.05) is 25.6 Å². The molecule has 1 fully saturated rings. The van der Waals surface area contributed by atoms with Crippen molar-refractivity contribution in [3.05, 3.63) is 0 Å². The average Bonchev–Trinajstić information content (AvgIpc) is 2.51. The minimum absolute atomic E-state index is 0.107. The fraction of sp³-hybridized carbons (Fsp3) is 0.800. The molecule has 80 valence electrons. The summed E-state index contributed by atoms with van der Waals surface area (Å²) >= 11 is 4.80. The van der Waals surface area contributed by atoms with E-state index >= 15 is 0 Å². The molecule has 1 aliphatic carbocycles. The molecule has 0 aromatic rings. The normalized spacial score (nSPS) is 28.4. The number of amides is 1. The Kier molecular flexibility index (Phi) is 3.86. The lowest BCUT2D eigenvalue weighted by Gasteiger charge is -2.18. The molecule has 1 amide bonds. The molecule has 0 aliphatic heterocycles. The first kappa shape index (κ1) is 11.4. The lowest BCUT2D eigenvalue weighted by Crippen LogP contribution is -2.44. The number of carbonyl (C=O) groups excluding carboxylic acids is 1. The zero-order valence-electron chi connectivity index (χ0n) is 8.75. The summed E-state index contributed by atoms with van der Waals surface area (Å²) in [4.78, 5) is 12.1. The van der Waals surface area contributed by atoms with E-state index in [0.717, 1.165) is 19.3 Å². The van der Waals surface area contributed by atoms with Crippen molar-refractivity contribution in [2.45, 2.75) is 39.2 Å². The molecule has 1 aliphatic rings. The van der Waals surface area contributed by atoms with Gasteiger partial charge in [-0.2, -0.15) is 0 Å². The second-order valence-corrected chi connectivity index (χ2v) is 4.62. The molecule has 14 heavy (non-hydrogen) atoms. The third-order valence-electron chi connectivity index (χ3n) is 2.98. The minimum atomic E-state index is -0.190. The summed E-state index contributed by atoms with van der Waals surface area (Å²) in [6, 6.07) is -0.190. The molecule has 1 saturated carbocycles. The first-order valence-electron chi connectivity index (χ1n) is 5.12. The lowest BCUT2D eigenvalue weighted by atomic mass is 9.97. The molecular formula is C10H18N2OS. The highest BCUT2D eigenvalue weighted by Crippen LogP contribution is 2.31. The summed E-state index contributed by atoms with van der Waals surface area (Å²) in [6.45, 7) is 3.95. The fourth-order valence-corrected chi connectivity index (χ4v) is 1.99. The molecule has 0 saturated heterocycles. The van der Waals surface area contributed by atoms with E-state index in [1.807, 2.05) is 6.92 Å². The summed E-state index contributed by atoms with van der Waals surface area (Å²) in [6.07, 6.45) is 3.30. The van der Waals surface area contributed by atoms with E-state index in [1.165, 1.54) is 0 Å². The third-order valence-corrected chi connectivity index (χ3v) is 3.34. The Labute approximate surface area is 90.4 Å². The van der Waals surface area contributed by atoms with Gasteiger partial charge in [-0.05, 0) is 25.7 Å². The van der Waals surface area contributed by atoms with Crippen LogP contribution in [0.4, 0.5) is 0 Å². The zero-order chi connectivity index (χ0) is 10.7. The van der Waals surface area contributed by atoms with Crippen molar-refractivity contribution < 1.29 is 4.79 Å². The predicted molar refractivity (Wildman–Crippen MR) is 60.9 cm³/mol. The van der Waals surface area contributed by atoms with Crippen molar-refractivity contribution in [2.24, 2.45) is 17.6 Å². The number of hydrogen-bond donors (Lipinski definition) is 2. The molecule has 3 N–H and O–H groups in total. The van der Waals surface area contributed by atoms with Gasteiger partial charge in [-0.15, -0.1) is 0 Å². The van der Waals surface area contributed by atoms with Crippen molar-refractivity contribution in [1.82, 2.24) is 5.32 Å². The Hall–Kier alpha value is -0.640. The van der Waals surface area contributed by atoms with Crippen LogP contribution in [0.2, 0.25) is 0 Å². The standard InChI is InChI=1S/C10H18N2OS/c1-6-4-3-5-8(6)10(13)12-7(2)9(11)14/h6-8H,3-5H2,1-2H3,(H2,11,14)(H,12,13). The van der Waals surface area contributed by atoms with Gasteiger partial charge in [0.25, 0.3) is 0 Å². The van der Waals surface area contributed by atoms with Gasteiger partial charge >= 0.3 is 0 Å². The molecule has 0 aromatic carbocycles. The highest BCUT2D eigenvalue weighted by Gasteiger charge is 2.30. The van der Waals surface area contributed by atoms with Crippen LogP contribution in [-0.2, 0) is 4.79 Å². The van der Waals surface area contributed by atoms with Gasteiger partial charge in [0.1, 0.15) is 0 Å². The molecule has 1 rings (SSSR count). The van der Waals surface area contributed by atoms with Gasteiger partial charge in [0.15, 0.2) is 0 Å². The maximum atomic E-state index is 11.7. The van der Waals surface area contributed by atoms with E-state index in [-0.39, 0.29) is 17.9 Å². The maximum absolute atomic E-state index is 11.7. The fourth-order valence-electron chi connectivity index (χ4n) is 1.93.